The summed E-state index contributed by atoms with van der Waals surface area (Å²) in [4.78, 5) is 25.8. The number of carbonyl (C=O) groups is 2. The number of benzene rings is 3. The average molecular weight is 487 g/mol. The van der Waals surface area contributed by atoms with Gasteiger partial charge in [-0.3, -0.25) is 0 Å². The van der Waals surface area contributed by atoms with Crippen molar-refractivity contribution in [3.05, 3.63) is 101 Å². The van der Waals surface area contributed by atoms with Crippen molar-refractivity contribution in [2.24, 2.45) is 0 Å². The molecule has 1 aliphatic heterocycles. The van der Waals surface area contributed by atoms with Gasteiger partial charge in [0.05, 0.1) is 30.5 Å². The van der Waals surface area contributed by atoms with E-state index >= 15 is 0 Å². The smallest absolute Gasteiger partial charge is 0.338 e. The van der Waals surface area contributed by atoms with Gasteiger partial charge in [0.1, 0.15) is 6.61 Å². The second-order valence-corrected chi connectivity index (χ2v) is 8.32. The van der Waals surface area contributed by atoms with Crippen LogP contribution in [0.5, 0.6) is 11.5 Å². The number of hydrogen-bond donors (Lipinski definition) is 2. The first-order valence-corrected chi connectivity index (χ1v) is 12.0. The quantitative estimate of drug-likeness (QED) is 0.401. The highest BCUT2D eigenvalue weighted by molar-refractivity contribution is 6.04. The van der Waals surface area contributed by atoms with Crippen LogP contribution in [-0.4, -0.2) is 25.2 Å². The van der Waals surface area contributed by atoms with Gasteiger partial charge in [-0.2, -0.15) is 0 Å². The molecule has 0 saturated heterocycles. The third-order valence-electron chi connectivity index (χ3n) is 5.75. The zero-order valence-electron chi connectivity index (χ0n) is 20.7. The van der Waals surface area contributed by atoms with Crippen molar-refractivity contribution >= 4 is 17.7 Å². The molecule has 0 aliphatic carbocycles. The standard InChI is InChI=1S/C29H30N2O5/c1-4-34-24-17-22(15-16-23(24)36-18-20-13-11-19(3)12-14-20)27-25(28(32)35-5-2)26(30-29(33)31-27)21-9-7-6-8-10-21/h6-17,27H,4-5,18H2,1-3H3,(H2,30,31,33). The van der Waals surface area contributed by atoms with Crippen LogP contribution < -0.4 is 20.1 Å². The van der Waals surface area contributed by atoms with Crippen LogP contribution in [-0.2, 0) is 16.1 Å². The summed E-state index contributed by atoms with van der Waals surface area (Å²) in [6, 6.07) is 21.6. The number of carbonyl (C=O) groups excluding carboxylic acids is 2. The van der Waals surface area contributed by atoms with Gasteiger partial charge < -0.3 is 24.8 Å². The fourth-order valence-electron chi connectivity index (χ4n) is 4.01. The second-order valence-electron chi connectivity index (χ2n) is 8.32. The maximum absolute atomic E-state index is 13.1. The van der Waals surface area contributed by atoms with Gasteiger partial charge in [0.25, 0.3) is 0 Å². The normalized spacial score (nSPS) is 15.1. The Kier molecular flexibility index (Phi) is 7.90. The summed E-state index contributed by atoms with van der Waals surface area (Å²) in [7, 11) is 0. The maximum atomic E-state index is 13.1. The van der Waals surface area contributed by atoms with Crippen LogP contribution in [0.1, 0.15) is 42.1 Å². The van der Waals surface area contributed by atoms with Crippen molar-refractivity contribution in [1.82, 2.24) is 10.6 Å². The van der Waals surface area contributed by atoms with Gasteiger partial charge in [0, 0.05) is 0 Å². The summed E-state index contributed by atoms with van der Waals surface area (Å²) >= 11 is 0. The van der Waals surface area contributed by atoms with Gasteiger partial charge in [0.2, 0.25) is 0 Å². The zero-order valence-corrected chi connectivity index (χ0v) is 20.7. The van der Waals surface area contributed by atoms with Crippen LogP contribution in [0.25, 0.3) is 5.70 Å². The molecule has 0 radical (unpaired) electrons. The molecule has 2 amide bonds. The lowest BCUT2D eigenvalue weighted by Gasteiger charge is -2.30. The van der Waals surface area contributed by atoms with Gasteiger partial charge in [-0.15, -0.1) is 0 Å². The van der Waals surface area contributed by atoms with Crippen LogP contribution in [0.4, 0.5) is 4.79 Å². The Labute approximate surface area is 211 Å². The molecule has 1 unspecified atom stereocenters. The summed E-state index contributed by atoms with van der Waals surface area (Å²) in [5.74, 6) is 0.595. The van der Waals surface area contributed by atoms with E-state index in [-0.39, 0.29) is 6.61 Å². The molecule has 3 aromatic rings. The zero-order chi connectivity index (χ0) is 25.5. The molecule has 7 heteroatoms. The molecule has 0 fully saturated rings. The fraction of sp³-hybridized carbons (Fsp3) is 0.241. The van der Waals surface area contributed by atoms with E-state index in [1.807, 2.05) is 74.5 Å². The summed E-state index contributed by atoms with van der Waals surface area (Å²) < 4.78 is 17.3. The number of aryl methyl sites for hydroxylation is 1. The predicted octanol–water partition coefficient (Wildman–Crippen LogP) is 5.30. The molecule has 1 atom stereocenters. The predicted molar refractivity (Wildman–Crippen MR) is 138 cm³/mol. The van der Waals surface area contributed by atoms with E-state index in [0.29, 0.717) is 47.1 Å². The number of rotatable bonds is 9. The second kappa shape index (κ2) is 11.4. The first-order chi connectivity index (χ1) is 17.5. The van der Waals surface area contributed by atoms with E-state index in [1.54, 1.807) is 19.1 Å². The Morgan fingerprint density at radius 1 is 0.889 bits per heavy atom. The molecule has 0 saturated carbocycles. The SMILES string of the molecule is CCOC(=O)C1=C(c2ccccc2)NC(=O)NC1c1ccc(OCc2ccc(C)cc2)c(OCC)c1. The van der Waals surface area contributed by atoms with Crippen LogP contribution in [0.15, 0.2) is 78.4 Å². The van der Waals surface area contributed by atoms with Crippen molar-refractivity contribution in [2.75, 3.05) is 13.2 Å². The van der Waals surface area contributed by atoms with Gasteiger partial charge in [0.15, 0.2) is 11.5 Å². The van der Waals surface area contributed by atoms with Gasteiger partial charge >= 0.3 is 12.0 Å². The molecule has 186 valence electrons. The molecule has 0 spiro atoms. The minimum Gasteiger partial charge on any atom is -0.490 e. The van der Waals surface area contributed by atoms with Crippen molar-refractivity contribution in [2.45, 2.75) is 33.4 Å². The van der Waals surface area contributed by atoms with Crippen molar-refractivity contribution in [3.8, 4) is 11.5 Å². The molecule has 36 heavy (non-hydrogen) atoms. The number of esters is 1. The van der Waals surface area contributed by atoms with E-state index in [4.69, 9.17) is 14.2 Å². The minimum absolute atomic E-state index is 0.209. The summed E-state index contributed by atoms with van der Waals surface area (Å²) in [5.41, 5.74) is 4.34. The average Bonchev–Trinajstić information content (AvgIpc) is 2.89. The van der Waals surface area contributed by atoms with E-state index in [1.165, 1.54) is 5.56 Å². The summed E-state index contributed by atoms with van der Waals surface area (Å²) in [5, 5.41) is 5.66. The molecule has 0 aromatic heterocycles. The van der Waals surface area contributed by atoms with E-state index in [2.05, 4.69) is 10.6 Å². The first kappa shape index (κ1) is 24.9. The van der Waals surface area contributed by atoms with Gasteiger partial charge in [-0.1, -0.05) is 66.2 Å². The molecular weight excluding hydrogens is 456 g/mol. The third kappa shape index (κ3) is 5.68. The Hall–Kier alpha value is -4.26. The Morgan fingerprint density at radius 2 is 1.64 bits per heavy atom. The number of hydrogen-bond acceptors (Lipinski definition) is 5. The van der Waals surface area contributed by atoms with Gasteiger partial charge in [-0.25, -0.2) is 9.59 Å². The molecule has 0 bridgehead atoms. The van der Waals surface area contributed by atoms with Crippen LogP contribution in [0, 0.1) is 6.92 Å². The van der Waals surface area contributed by atoms with Crippen LogP contribution in [0.2, 0.25) is 0 Å². The largest absolute Gasteiger partial charge is 0.490 e. The highest BCUT2D eigenvalue weighted by atomic mass is 16.5. The fourth-order valence-corrected chi connectivity index (χ4v) is 4.01. The lowest BCUT2D eigenvalue weighted by molar-refractivity contribution is -0.138. The molecule has 3 aromatic carbocycles. The van der Waals surface area contributed by atoms with Crippen LogP contribution in [0.3, 0.4) is 0 Å². The highest BCUT2D eigenvalue weighted by Gasteiger charge is 2.34. The van der Waals surface area contributed by atoms with Crippen molar-refractivity contribution in [3.63, 3.8) is 0 Å². The monoisotopic (exact) mass is 486 g/mol. The minimum atomic E-state index is -0.738. The first-order valence-electron chi connectivity index (χ1n) is 12.0. The number of nitrogens with one attached hydrogen (secondary N) is 2. The van der Waals surface area contributed by atoms with E-state index < -0.39 is 18.0 Å². The Balaban J connectivity index is 1.71. The summed E-state index contributed by atoms with van der Waals surface area (Å²) in [6.07, 6.45) is 0. The molecule has 7 nitrogen and oxygen atoms in total. The molecule has 4 rings (SSSR count). The number of urea groups is 1. The lowest BCUT2D eigenvalue weighted by atomic mass is 9.92. The Bertz CT molecular complexity index is 1250. The van der Waals surface area contributed by atoms with Crippen molar-refractivity contribution in [1.29, 1.82) is 0 Å². The third-order valence-corrected chi connectivity index (χ3v) is 5.75. The van der Waals surface area contributed by atoms with E-state index in [9.17, 15) is 9.59 Å². The molecule has 2 N–H and O–H groups in total. The molecular formula is C29H30N2O5. The van der Waals surface area contributed by atoms with Crippen LogP contribution >= 0.6 is 0 Å². The van der Waals surface area contributed by atoms with Gasteiger partial charge in [-0.05, 0) is 49.6 Å². The summed E-state index contributed by atoms with van der Waals surface area (Å²) in [6.45, 7) is 6.70. The Morgan fingerprint density at radius 3 is 2.33 bits per heavy atom. The van der Waals surface area contributed by atoms with E-state index in [0.717, 1.165) is 5.56 Å². The number of amides is 2. The maximum Gasteiger partial charge on any atom is 0.338 e. The molecule has 1 aliphatic rings. The topological polar surface area (TPSA) is 85.9 Å². The molecule has 1 heterocycles. The lowest BCUT2D eigenvalue weighted by Crippen LogP contribution is -2.45. The van der Waals surface area contributed by atoms with Crippen molar-refractivity contribution < 1.29 is 23.8 Å². The number of ether oxygens (including phenoxy) is 3. The highest BCUT2D eigenvalue weighted by Crippen LogP contribution is 2.37.